The molecule has 0 bridgehead atoms. The van der Waals surface area contributed by atoms with Crippen LogP contribution in [0.3, 0.4) is 0 Å². The van der Waals surface area contributed by atoms with Crippen LogP contribution in [0.4, 0.5) is 0 Å². The number of rotatable bonds is 3. The van der Waals surface area contributed by atoms with Crippen molar-refractivity contribution < 1.29 is 31.2 Å². The zero-order valence-electron chi connectivity index (χ0n) is 9.06. The van der Waals surface area contributed by atoms with Crippen molar-refractivity contribution in [3.63, 3.8) is 0 Å². The Labute approximate surface area is 109 Å². The van der Waals surface area contributed by atoms with Gasteiger partial charge in [0.25, 0.3) is 20.4 Å². The fourth-order valence-electron chi connectivity index (χ4n) is 0.750. The number of halogens is 1. The van der Waals surface area contributed by atoms with Gasteiger partial charge in [-0.15, -0.1) is 0 Å². The average molecular weight is 298 g/mol. The molecule has 0 saturated heterocycles. The molecule has 0 aliphatic heterocycles. The maximum absolute atomic E-state index is 7.50. The van der Waals surface area contributed by atoms with E-state index in [1.54, 1.807) is 0 Å². The molecule has 0 heterocycles. The Bertz CT molecular complexity index is 92.3. The topological polar surface area (TPSA) is 51.2 Å². The Hall–Kier alpha value is 0.236. The summed E-state index contributed by atoms with van der Waals surface area (Å²) in [6.07, 6.45) is 3.67. The van der Waals surface area contributed by atoms with Crippen LogP contribution in [0.25, 0.3) is 0 Å². The summed E-state index contributed by atoms with van der Waals surface area (Å²) in [6, 6.07) is 0. The molecule has 6 heteroatoms. The van der Waals surface area contributed by atoms with E-state index in [1.807, 2.05) is 0 Å². The minimum absolute atomic E-state index is 0. The monoisotopic (exact) mass is 297 g/mol. The molecule has 0 N–H and O–H groups in total. The Morgan fingerprint density at radius 1 is 0.800 bits per heavy atom. The SMILES string of the molecule is CC[PH](Cl)(CC)CC.[C]=O.[C]=O.[C]=O.[Co]. The molecule has 7 radical (unpaired) electrons. The van der Waals surface area contributed by atoms with Crippen LogP contribution in [-0.2, 0) is 31.2 Å². The molecule has 0 spiro atoms. The van der Waals surface area contributed by atoms with E-state index in [-0.39, 0.29) is 16.8 Å². The molecule has 0 unspecified atom stereocenters. The Morgan fingerprint density at radius 2 is 0.933 bits per heavy atom. The smallest absolute Gasteiger partial charge is 0.281 e. The zero-order chi connectivity index (χ0) is 12.6. The summed E-state index contributed by atoms with van der Waals surface area (Å²) >= 11 is 6.23. The van der Waals surface area contributed by atoms with Crippen molar-refractivity contribution in [2.75, 3.05) is 18.5 Å². The molecule has 0 atom stereocenters. The van der Waals surface area contributed by atoms with Gasteiger partial charge >= 0.3 is 57.1 Å². The van der Waals surface area contributed by atoms with Crippen LogP contribution in [0.15, 0.2) is 0 Å². The van der Waals surface area contributed by atoms with Gasteiger partial charge in [-0.3, -0.25) is 14.4 Å². The summed E-state index contributed by atoms with van der Waals surface area (Å²) in [4.78, 5) is 22.5. The fraction of sp³-hybridized carbons (Fsp3) is 0.667. The maximum atomic E-state index is 7.50. The molecular formula is C9H16ClCoO3P. The quantitative estimate of drug-likeness (QED) is 0.746. The van der Waals surface area contributed by atoms with Gasteiger partial charge in [0.1, 0.15) is 0 Å². The van der Waals surface area contributed by atoms with Crippen molar-refractivity contribution in [3.05, 3.63) is 0 Å². The van der Waals surface area contributed by atoms with E-state index in [0.717, 1.165) is 0 Å². The van der Waals surface area contributed by atoms with Crippen LogP contribution in [0.5, 0.6) is 0 Å². The standard InChI is InChI=1S/C6H16ClP.3CO.Co/c1-4-8(7,5-2)6-3;3*1-2;/h8H,4-6H2,1-3H3;;;;. The number of hydrogen-bond acceptors (Lipinski definition) is 3. The molecular weight excluding hydrogens is 281 g/mol. The summed E-state index contributed by atoms with van der Waals surface area (Å²) in [7, 11) is 0. The van der Waals surface area contributed by atoms with Gasteiger partial charge in [-0.25, -0.2) is 0 Å². The van der Waals surface area contributed by atoms with E-state index in [4.69, 9.17) is 25.6 Å². The first-order valence-electron chi connectivity index (χ1n) is 3.98. The minimum Gasteiger partial charge on any atom is -0.281 e. The predicted molar refractivity (Wildman–Crippen MR) is 62.9 cm³/mol. The largest absolute Gasteiger partial charge is 0.281 e. The number of carbonyl (C=O) groups excluding carboxylic acids is 3. The molecule has 0 aromatic heterocycles. The normalized spacial score (nSPS) is 8.27. The molecule has 0 rings (SSSR count). The van der Waals surface area contributed by atoms with Crippen LogP contribution in [0, 0.1) is 0 Å². The minimum atomic E-state index is -1.20. The molecule has 0 aromatic rings. The fourth-order valence-corrected chi connectivity index (χ4v) is 2.25. The first-order chi connectivity index (χ1) is 6.68. The molecule has 15 heavy (non-hydrogen) atoms. The van der Waals surface area contributed by atoms with E-state index in [9.17, 15) is 0 Å². The van der Waals surface area contributed by atoms with Crippen molar-refractivity contribution in [2.24, 2.45) is 0 Å². The summed E-state index contributed by atoms with van der Waals surface area (Å²) < 4.78 is 0. The molecule has 0 saturated carbocycles. The molecule has 0 aliphatic rings. The second kappa shape index (κ2) is 29.2. The first kappa shape index (κ1) is 29.5. The van der Waals surface area contributed by atoms with Crippen LogP contribution in [0.1, 0.15) is 20.8 Å². The van der Waals surface area contributed by atoms with Gasteiger partial charge in [0.05, 0.1) is 0 Å². The van der Waals surface area contributed by atoms with Crippen molar-refractivity contribution in [2.45, 2.75) is 20.8 Å². The van der Waals surface area contributed by atoms with Crippen LogP contribution in [-0.4, -0.2) is 38.9 Å². The van der Waals surface area contributed by atoms with E-state index >= 15 is 0 Å². The van der Waals surface area contributed by atoms with Crippen LogP contribution < -0.4 is 0 Å². The second-order valence-corrected chi connectivity index (χ2v) is 9.04. The van der Waals surface area contributed by atoms with Crippen molar-refractivity contribution in [1.29, 1.82) is 0 Å². The molecule has 3 nitrogen and oxygen atoms in total. The maximum Gasteiger partial charge on any atom is 0.281 e. The molecule has 0 aromatic carbocycles. The average Bonchev–Trinajstić information content (AvgIpc) is 2.35. The van der Waals surface area contributed by atoms with Crippen molar-refractivity contribution >= 4 is 38.2 Å². The zero-order valence-corrected chi connectivity index (χ0v) is 11.9. The Morgan fingerprint density at radius 3 is 0.933 bits per heavy atom. The van der Waals surface area contributed by atoms with E-state index in [2.05, 4.69) is 41.1 Å². The van der Waals surface area contributed by atoms with E-state index in [0.29, 0.717) is 0 Å². The molecule has 0 amide bonds. The van der Waals surface area contributed by atoms with Crippen molar-refractivity contribution in [3.8, 4) is 0 Å². The van der Waals surface area contributed by atoms with Gasteiger partial charge < -0.3 is 0 Å². The third-order valence-electron chi connectivity index (χ3n) is 1.90. The Balaban J connectivity index is -0.0000000410. The number of hydrogen-bond donors (Lipinski definition) is 0. The Kier molecular flexibility index (Phi) is 57.4. The summed E-state index contributed by atoms with van der Waals surface area (Å²) in [5.74, 6) is 0. The van der Waals surface area contributed by atoms with Crippen LogP contribution >= 0.6 is 17.9 Å². The summed E-state index contributed by atoms with van der Waals surface area (Å²) in [6.45, 7) is 18.9. The molecule has 0 fully saturated rings. The van der Waals surface area contributed by atoms with Gasteiger partial charge in [0.2, 0.25) is 0 Å². The van der Waals surface area contributed by atoms with Crippen molar-refractivity contribution in [1.82, 2.24) is 0 Å². The van der Waals surface area contributed by atoms with Gasteiger partial charge in [-0.05, 0) is 0 Å². The summed E-state index contributed by atoms with van der Waals surface area (Å²) in [5.41, 5.74) is 0. The van der Waals surface area contributed by atoms with Crippen LogP contribution in [0.2, 0.25) is 0 Å². The molecule has 0 aliphatic carbocycles. The first-order valence-corrected chi connectivity index (χ1v) is 7.62. The van der Waals surface area contributed by atoms with Gasteiger partial charge in [0.15, 0.2) is 0 Å². The predicted octanol–water partition coefficient (Wildman–Crippen LogP) is 1.76. The third-order valence-corrected chi connectivity index (χ3v) is 8.11. The third kappa shape index (κ3) is 25.0. The second-order valence-electron chi connectivity index (χ2n) is 2.21. The molecule has 91 valence electrons. The van der Waals surface area contributed by atoms with Gasteiger partial charge in [-0.2, -0.15) is 0 Å². The van der Waals surface area contributed by atoms with Gasteiger partial charge in [0, 0.05) is 16.8 Å². The van der Waals surface area contributed by atoms with E-state index < -0.39 is 6.62 Å². The van der Waals surface area contributed by atoms with E-state index in [1.165, 1.54) is 18.5 Å². The van der Waals surface area contributed by atoms with Gasteiger partial charge in [-0.1, -0.05) is 0 Å². The summed E-state index contributed by atoms with van der Waals surface area (Å²) in [5, 5.41) is 0.